The molecule has 0 atom stereocenters. The van der Waals surface area contributed by atoms with Crippen LogP contribution in [0.25, 0.3) is 10.9 Å². The van der Waals surface area contributed by atoms with Crippen molar-refractivity contribution in [3.8, 4) is 17.2 Å². The lowest BCUT2D eigenvalue weighted by molar-refractivity contribution is 0.0780. The SMILES string of the molecule is COc1ccc(CN(C)C(=O)c2n[nH]c3ccccc23)c(OC)c1OC. The fourth-order valence-corrected chi connectivity index (χ4v) is 2.92. The molecule has 0 fully saturated rings. The summed E-state index contributed by atoms with van der Waals surface area (Å²) in [6.07, 6.45) is 0. The van der Waals surface area contributed by atoms with Gasteiger partial charge in [0.1, 0.15) is 0 Å². The lowest BCUT2D eigenvalue weighted by Gasteiger charge is -2.20. The van der Waals surface area contributed by atoms with Gasteiger partial charge in [0.25, 0.3) is 5.91 Å². The second kappa shape index (κ2) is 7.35. The number of carbonyl (C=O) groups excluding carboxylic acids is 1. The zero-order chi connectivity index (χ0) is 18.7. The Hall–Kier alpha value is -3.22. The lowest BCUT2D eigenvalue weighted by Crippen LogP contribution is -2.27. The molecule has 3 rings (SSSR count). The molecule has 7 nitrogen and oxygen atoms in total. The van der Waals surface area contributed by atoms with E-state index in [9.17, 15) is 4.79 Å². The largest absolute Gasteiger partial charge is 0.493 e. The summed E-state index contributed by atoms with van der Waals surface area (Å²) in [6.45, 7) is 0.337. The van der Waals surface area contributed by atoms with Gasteiger partial charge in [-0.2, -0.15) is 5.10 Å². The molecule has 136 valence electrons. The number of methoxy groups -OCH3 is 3. The first kappa shape index (κ1) is 17.6. The van der Waals surface area contributed by atoms with Gasteiger partial charge in [0.05, 0.1) is 26.8 Å². The molecule has 7 heteroatoms. The van der Waals surface area contributed by atoms with Crippen LogP contribution >= 0.6 is 0 Å². The Kier molecular flexibility index (Phi) is 4.97. The third-order valence-corrected chi connectivity index (χ3v) is 4.21. The summed E-state index contributed by atoms with van der Waals surface area (Å²) in [5.41, 5.74) is 2.02. The summed E-state index contributed by atoms with van der Waals surface area (Å²) in [5, 5.41) is 7.85. The molecule has 26 heavy (non-hydrogen) atoms. The van der Waals surface area contributed by atoms with E-state index in [2.05, 4.69) is 10.2 Å². The van der Waals surface area contributed by atoms with Gasteiger partial charge in [-0.25, -0.2) is 0 Å². The number of nitrogens with one attached hydrogen (secondary N) is 1. The first-order chi connectivity index (χ1) is 12.6. The van der Waals surface area contributed by atoms with Crippen molar-refractivity contribution >= 4 is 16.8 Å². The Morgan fingerprint density at radius 2 is 1.77 bits per heavy atom. The number of fused-ring (bicyclic) bond motifs is 1. The fourth-order valence-electron chi connectivity index (χ4n) is 2.92. The molecule has 1 heterocycles. The molecule has 0 radical (unpaired) electrons. The van der Waals surface area contributed by atoms with Crippen molar-refractivity contribution in [2.75, 3.05) is 28.4 Å². The molecule has 0 saturated heterocycles. The highest BCUT2D eigenvalue weighted by Gasteiger charge is 2.21. The zero-order valence-electron chi connectivity index (χ0n) is 15.2. The average molecular weight is 355 g/mol. The van der Waals surface area contributed by atoms with Gasteiger partial charge in [0.2, 0.25) is 5.75 Å². The quantitative estimate of drug-likeness (QED) is 0.736. The number of para-hydroxylation sites is 1. The van der Waals surface area contributed by atoms with Gasteiger partial charge in [-0.3, -0.25) is 9.89 Å². The summed E-state index contributed by atoms with van der Waals surface area (Å²) in [5.74, 6) is 1.43. The zero-order valence-corrected chi connectivity index (χ0v) is 15.2. The Morgan fingerprint density at radius 3 is 2.46 bits per heavy atom. The number of nitrogens with zero attached hydrogens (tertiary/aromatic N) is 2. The minimum Gasteiger partial charge on any atom is -0.493 e. The lowest BCUT2D eigenvalue weighted by atomic mass is 10.1. The van der Waals surface area contributed by atoms with Crippen LogP contribution in [0.2, 0.25) is 0 Å². The van der Waals surface area contributed by atoms with E-state index in [1.54, 1.807) is 39.3 Å². The Balaban J connectivity index is 1.90. The predicted molar refractivity (Wildman–Crippen MR) is 98.0 cm³/mol. The second-order valence-electron chi connectivity index (χ2n) is 5.77. The van der Waals surface area contributed by atoms with Crippen molar-refractivity contribution in [1.29, 1.82) is 0 Å². The Morgan fingerprint density at radius 1 is 1.04 bits per heavy atom. The number of carbonyl (C=O) groups is 1. The maximum atomic E-state index is 12.8. The summed E-state index contributed by atoms with van der Waals surface area (Å²) in [4.78, 5) is 14.4. The topological polar surface area (TPSA) is 76.7 Å². The van der Waals surface area contributed by atoms with Gasteiger partial charge in [0.15, 0.2) is 17.2 Å². The highest BCUT2D eigenvalue weighted by Crippen LogP contribution is 2.40. The van der Waals surface area contributed by atoms with Crippen LogP contribution in [-0.4, -0.2) is 49.4 Å². The van der Waals surface area contributed by atoms with Crippen molar-refractivity contribution in [1.82, 2.24) is 15.1 Å². The van der Waals surface area contributed by atoms with Crippen LogP contribution in [0.3, 0.4) is 0 Å². The maximum absolute atomic E-state index is 12.8. The van der Waals surface area contributed by atoms with Crippen molar-refractivity contribution < 1.29 is 19.0 Å². The van der Waals surface area contributed by atoms with Crippen LogP contribution in [0, 0.1) is 0 Å². The number of amides is 1. The van der Waals surface area contributed by atoms with Crippen LogP contribution in [0.15, 0.2) is 36.4 Å². The van der Waals surface area contributed by atoms with Gasteiger partial charge in [-0.1, -0.05) is 18.2 Å². The van der Waals surface area contributed by atoms with Gasteiger partial charge in [-0.05, 0) is 18.2 Å². The fraction of sp³-hybridized carbons (Fsp3) is 0.263. The monoisotopic (exact) mass is 355 g/mol. The van der Waals surface area contributed by atoms with E-state index in [1.165, 1.54) is 0 Å². The number of H-pyrrole nitrogens is 1. The smallest absolute Gasteiger partial charge is 0.275 e. The van der Waals surface area contributed by atoms with Crippen molar-refractivity contribution in [3.63, 3.8) is 0 Å². The molecule has 0 saturated carbocycles. The summed E-state index contributed by atoms with van der Waals surface area (Å²) in [6, 6.07) is 11.2. The number of aromatic amines is 1. The van der Waals surface area contributed by atoms with Gasteiger partial charge in [-0.15, -0.1) is 0 Å². The van der Waals surface area contributed by atoms with Crippen LogP contribution in [-0.2, 0) is 6.54 Å². The standard InChI is InChI=1S/C19H21N3O4/c1-22(19(23)16-13-7-5-6-8-14(13)20-21-16)11-12-9-10-15(24-2)18(26-4)17(12)25-3/h5-10H,11H2,1-4H3,(H,20,21). The average Bonchev–Trinajstić information content (AvgIpc) is 3.10. The van der Waals surface area contributed by atoms with Crippen LogP contribution in [0.1, 0.15) is 16.1 Å². The highest BCUT2D eigenvalue weighted by molar-refractivity contribution is 6.04. The molecule has 1 aromatic heterocycles. The first-order valence-electron chi connectivity index (χ1n) is 8.07. The molecule has 0 spiro atoms. The summed E-state index contributed by atoms with van der Waals surface area (Å²) in [7, 11) is 6.40. The normalized spacial score (nSPS) is 10.6. The van der Waals surface area contributed by atoms with Gasteiger partial charge in [0, 0.05) is 24.5 Å². The molecule has 0 bridgehead atoms. The van der Waals surface area contributed by atoms with E-state index >= 15 is 0 Å². The van der Waals surface area contributed by atoms with E-state index in [0.29, 0.717) is 29.5 Å². The van der Waals surface area contributed by atoms with Crippen LogP contribution in [0.4, 0.5) is 0 Å². The van der Waals surface area contributed by atoms with Crippen molar-refractivity contribution in [2.24, 2.45) is 0 Å². The Bertz CT molecular complexity index is 936. The molecule has 1 N–H and O–H groups in total. The van der Waals surface area contributed by atoms with Crippen molar-refractivity contribution in [3.05, 3.63) is 47.7 Å². The van der Waals surface area contributed by atoms with Gasteiger partial charge >= 0.3 is 0 Å². The van der Waals surface area contributed by atoms with Crippen LogP contribution < -0.4 is 14.2 Å². The maximum Gasteiger partial charge on any atom is 0.275 e. The van der Waals surface area contributed by atoms with E-state index in [4.69, 9.17) is 14.2 Å². The van der Waals surface area contributed by atoms with Crippen LogP contribution in [0.5, 0.6) is 17.2 Å². The second-order valence-corrected chi connectivity index (χ2v) is 5.77. The molecule has 1 amide bonds. The van der Waals surface area contributed by atoms with E-state index in [0.717, 1.165) is 16.5 Å². The number of ether oxygens (including phenoxy) is 3. The summed E-state index contributed by atoms with van der Waals surface area (Å²) < 4.78 is 16.2. The molecule has 0 aliphatic carbocycles. The van der Waals surface area contributed by atoms with E-state index < -0.39 is 0 Å². The van der Waals surface area contributed by atoms with Crippen molar-refractivity contribution in [2.45, 2.75) is 6.54 Å². The highest BCUT2D eigenvalue weighted by atomic mass is 16.5. The first-order valence-corrected chi connectivity index (χ1v) is 8.07. The molecule has 0 aliphatic heterocycles. The number of rotatable bonds is 6. The number of hydrogen-bond donors (Lipinski definition) is 1. The predicted octanol–water partition coefficient (Wildman–Crippen LogP) is 2.86. The molecular formula is C19H21N3O4. The molecule has 2 aromatic carbocycles. The number of aromatic nitrogens is 2. The third-order valence-electron chi connectivity index (χ3n) is 4.21. The Labute approximate surface area is 151 Å². The minimum atomic E-state index is -0.181. The third kappa shape index (κ3) is 3.03. The number of hydrogen-bond acceptors (Lipinski definition) is 5. The molecule has 0 aliphatic rings. The molecule has 0 unspecified atom stereocenters. The van der Waals surface area contributed by atoms with Gasteiger partial charge < -0.3 is 19.1 Å². The number of benzene rings is 2. The van der Waals surface area contributed by atoms with E-state index in [1.807, 2.05) is 30.3 Å². The summed E-state index contributed by atoms with van der Waals surface area (Å²) >= 11 is 0. The molecular weight excluding hydrogens is 334 g/mol. The molecule has 3 aromatic rings. The minimum absolute atomic E-state index is 0.181. The van der Waals surface area contributed by atoms with E-state index in [-0.39, 0.29) is 5.91 Å².